The molecule has 0 rings (SSSR count). The van der Waals surface area contributed by atoms with Crippen LogP contribution in [-0.4, -0.2) is 135 Å². The molecule has 0 aliphatic heterocycles. The van der Waals surface area contributed by atoms with Crippen molar-refractivity contribution in [3.05, 3.63) is 0 Å². The summed E-state index contributed by atoms with van der Waals surface area (Å²) in [7, 11) is 0. The molecule has 0 unspecified atom stereocenters. The van der Waals surface area contributed by atoms with Crippen LogP contribution in [0.1, 0.15) is 0 Å². The van der Waals surface area contributed by atoms with Crippen molar-refractivity contribution < 1.29 is 44.8 Å². The Hall–Kier alpha value is 0.900. The van der Waals surface area contributed by atoms with E-state index in [4.69, 9.17) is 44.8 Å². The zero-order valence-electron chi connectivity index (χ0n) is 11.0. The second-order valence-electron chi connectivity index (χ2n) is 2.60. The number of ether oxygens (including phenoxy) is 3. The van der Waals surface area contributed by atoms with Crippen LogP contribution >= 0.6 is 0 Å². The maximum atomic E-state index is 8.26. The van der Waals surface area contributed by atoms with Gasteiger partial charge in [-0.3, -0.25) is 0 Å². The van der Waals surface area contributed by atoms with Crippen molar-refractivity contribution in [2.24, 2.45) is 0 Å². The van der Waals surface area contributed by atoms with Gasteiger partial charge in [0.15, 0.2) is 0 Å². The Kier molecular flexibility index (Phi) is 53.3. The van der Waals surface area contributed by atoms with Crippen molar-refractivity contribution in [2.45, 2.75) is 0 Å². The molecule has 0 fully saturated rings. The van der Waals surface area contributed by atoms with Crippen LogP contribution in [0.25, 0.3) is 0 Å². The fourth-order valence-corrected chi connectivity index (χ4v) is 0.399. The first-order chi connectivity index (χ1) is 9.24. The van der Waals surface area contributed by atoms with Gasteiger partial charge in [0, 0.05) is 0 Å². The Morgan fingerprint density at radius 2 is 0.750 bits per heavy atom. The molecular weight excluding hydrogens is 304 g/mol. The molecule has 0 atom stereocenters. The van der Waals surface area contributed by atoms with Gasteiger partial charge in [0.05, 0.1) is 52.9 Å². The number of hydrogen-bond donors (Lipinski definition) is 6. The van der Waals surface area contributed by atoms with Crippen LogP contribution in [0.5, 0.6) is 0 Å². The predicted molar refractivity (Wildman–Crippen MR) is 73.8 cm³/mol. The van der Waals surface area contributed by atoms with Crippen LogP contribution in [0, 0.1) is 0 Å². The van der Waals surface area contributed by atoms with Crippen LogP contribution < -0.4 is 0 Å². The van der Waals surface area contributed by atoms with Crippen molar-refractivity contribution in [2.75, 3.05) is 66.4 Å². The summed E-state index contributed by atoms with van der Waals surface area (Å²) >= 11 is 0. The minimum absolute atomic E-state index is 0. The molecule has 124 valence electrons. The van der Waals surface area contributed by atoms with Crippen LogP contribution in [-0.2, 0) is 14.2 Å². The number of aliphatic hydroxyl groups is 6. The Morgan fingerprint density at radius 1 is 0.450 bits per heavy atom. The Balaban J connectivity index is -0.000000119. The topological polar surface area (TPSA) is 149 Å². The third-order valence-corrected chi connectivity index (χ3v) is 1.00. The summed E-state index contributed by atoms with van der Waals surface area (Å²) < 4.78 is 14.3. The van der Waals surface area contributed by atoms with Gasteiger partial charge in [-0.2, -0.15) is 0 Å². The fraction of sp³-hybridized carbons (Fsp3) is 1.00. The van der Waals surface area contributed by atoms with Gasteiger partial charge >= 0.3 is 37.7 Å². The molecular formula is C10H28CaO9. The van der Waals surface area contributed by atoms with Gasteiger partial charge in [-0.15, -0.1) is 0 Å². The fourth-order valence-electron chi connectivity index (χ4n) is 0.399. The number of rotatable bonds is 10. The van der Waals surface area contributed by atoms with E-state index in [-0.39, 0.29) is 104 Å². The normalized spacial score (nSPS) is 8.70. The molecule has 0 aliphatic rings. The first-order valence-electron chi connectivity index (χ1n) is 5.63. The van der Waals surface area contributed by atoms with E-state index in [1.165, 1.54) is 0 Å². The molecule has 0 spiro atoms. The second kappa shape index (κ2) is 36.8. The van der Waals surface area contributed by atoms with Crippen molar-refractivity contribution in [3.63, 3.8) is 0 Å². The summed E-state index contributed by atoms with van der Waals surface area (Å²) in [5.41, 5.74) is 0. The monoisotopic (exact) mass is 332 g/mol. The minimum atomic E-state index is -0.125. The van der Waals surface area contributed by atoms with Crippen LogP contribution in [0.4, 0.5) is 0 Å². The number of aliphatic hydroxyl groups excluding tert-OH is 6. The Labute approximate surface area is 148 Å². The predicted octanol–water partition coefficient (Wildman–Crippen LogP) is -4.04. The van der Waals surface area contributed by atoms with Crippen LogP contribution in [0.2, 0.25) is 0 Å². The summed E-state index contributed by atoms with van der Waals surface area (Å²) in [6, 6.07) is 0. The third kappa shape index (κ3) is 51.0. The van der Waals surface area contributed by atoms with Crippen molar-refractivity contribution in [3.8, 4) is 0 Å². The molecule has 0 heterocycles. The van der Waals surface area contributed by atoms with Gasteiger partial charge < -0.3 is 44.8 Å². The van der Waals surface area contributed by atoms with E-state index in [0.717, 1.165) is 0 Å². The van der Waals surface area contributed by atoms with E-state index < -0.39 is 0 Å². The molecule has 0 saturated heterocycles. The molecule has 6 N–H and O–H groups in total. The molecule has 20 heavy (non-hydrogen) atoms. The molecule has 9 nitrogen and oxygen atoms in total. The van der Waals surface area contributed by atoms with E-state index in [0.29, 0.717) is 0 Å². The molecule has 10 heteroatoms. The second-order valence-corrected chi connectivity index (χ2v) is 2.60. The molecule has 0 radical (unpaired) electrons. The van der Waals surface area contributed by atoms with Gasteiger partial charge in [0.2, 0.25) is 0 Å². The molecule has 0 aromatic heterocycles. The van der Waals surface area contributed by atoms with E-state index in [1.54, 1.807) is 0 Å². The van der Waals surface area contributed by atoms with Crippen LogP contribution in [0.15, 0.2) is 0 Å². The molecule has 0 aromatic rings. The Bertz CT molecular complexity index is 105. The van der Waals surface area contributed by atoms with Crippen molar-refractivity contribution in [1.29, 1.82) is 0 Å². The molecule has 0 aliphatic carbocycles. The van der Waals surface area contributed by atoms with Crippen molar-refractivity contribution >= 4 is 37.7 Å². The van der Waals surface area contributed by atoms with Gasteiger partial charge in [-0.25, -0.2) is 0 Å². The van der Waals surface area contributed by atoms with E-state index in [9.17, 15) is 0 Å². The zero-order valence-corrected chi connectivity index (χ0v) is 11.0. The average Bonchev–Trinajstić information content (AvgIpc) is 2.47. The summed E-state index contributed by atoms with van der Waals surface area (Å²) in [6.07, 6.45) is 0. The van der Waals surface area contributed by atoms with Gasteiger partial charge in [-0.1, -0.05) is 0 Å². The summed E-state index contributed by atoms with van der Waals surface area (Å²) in [6.45, 7) is 0.208. The molecule has 0 saturated carbocycles. The van der Waals surface area contributed by atoms with Gasteiger partial charge in [0.25, 0.3) is 0 Å². The Morgan fingerprint density at radius 3 is 0.950 bits per heavy atom. The third-order valence-electron chi connectivity index (χ3n) is 1.00. The SMILES string of the molecule is OCCO.OCCO.OCCOCOCOCCO.[CaH2]. The number of hydrogen-bond acceptors (Lipinski definition) is 9. The summed E-state index contributed by atoms with van der Waals surface area (Å²) in [5, 5.41) is 47.0. The molecule has 0 aromatic carbocycles. The summed E-state index contributed by atoms with van der Waals surface area (Å²) in [4.78, 5) is 0. The standard InChI is InChI=1S/C6H14O5.2C2H6O2.Ca.2H/c7-1-3-9-5-11-6-10-4-2-8;2*3-1-2-4;;;/h7-8H,1-6H2;2*3-4H,1-2H2;;;. The molecule has 0 bridgehead atoms. The van der Waals surface area contributed by atoms with Crippen molar-refractivity contribution in [1.82, 2.24) is 0 Å². The first kappa shape index (κ1) is 29.0. The quantitative estimate of drug-likeness (QED) is 0.133. The summed E-state index contributed by atoms with van der Waals surface area (Å²) in [5.74, 6) is 0. The zero-order chi connectivity index (χ0) is 15.2. The first-order valence-corrected chi connectivity index (χ1v) is 5.63. The van der Waals surface area contributed by atoms with Gasteiger partial charge in [-0.05, 0) is 0 Å². The average molecular weight is 332 g/mol. The maximum absolute atomic E-state index is 8.26. The van der Waals surface area contributed by atoms with Gasteiger partial charge in [0.1, 0.15) is 13.6 Å². The van der Waals surface area contributed by atoms with E-state index >= 15 is 0 Å². The molecule has 0 amide bonds. The van der Waals surface area contributed by atoms with E-state index in [2.05, 4.69) is 0 Å². The van der Waals surface area contributed by atoms with E-state index in [1.807, 2.05) is 0 Å². The van der Waals surface area contributed by atoms with Crippen LogP contribution in [0.3, 0.4) is 0 Å².